The van der Waals surface area contributed by atoms with Crippen molar-refractivity contribution < 1.29 is 4.39 Å². The molecule has 3 heteroatoms. The van der Waals surface area contributed by atoms with Crippen LogP contribution in [0, 0.1) is 11.9 Å². The van der Waals surface area contributed by atoms with Gasteiger partial charge in [0.1, 0.15) is 5.82 Å². The van der Waals surface area contributed by atoms with Gasteiger partial charge in [0, 0.05) is 12.1 Å². The second-order valence-electron chi connectivity index (χ2n) is 1.72. The lowest BCUT2D eigenvalue weighted by Gasteiger charge is -1.94. The number of hydrogen-bond acceptors (Lipinski definition) is 1. The first kappa shape index (κ1) is 9.88. The van der Waals surface area contributed by atoms with Gasteiger partial charge < -0.3 is 5.73 Å². The van der Waals surface area contributed by atoms with E-state index in [4.69, 9.17) is 5.73 Å². The van der Waals surface area contributed by atoms with Crippen LogP contribution >= 0.6 is 0 Å². The first-order valence-electron chi connectivity index (χ1n) is 2.69. The van der Waals surface area contributed by atoms with Crippen LogP contribution in [0.5, 0.6) is 0 Å². The SMILES string of the molecule is NCc1cc[c]cc1F.[MgH2]. The molecule has 0 unspecified atom stereocenters. The second kappa shape index (κ2) is 4.65. The molecule has 0 atom stereocenters. The van der Waals surface area contributed by atoms with Crippen molar-refractivity contribution in [1.29, 1.82) is 0 Å². The van der Waals surface area contributed by atoms with Crippen LogP contribution in [0.15, 0.2) is 18.2 Å². The average molecular weight is 150 g/mol. The van der Waals surface area contributed by atoms with Gasteiger partial charge in [-0.2, -0.15) is 0 Å². The van der Waals surface area contributed by atoms with Crippen molar-refractivity contribution in [2.24, 2.45) is 5.73 Å². The number of benzene rings is 1. The van der Waals surface area contributed by atoms with Crippen LogP contribution in [0.2, 0.25) is 0 Å². The minimum atomic E-state index is -0.278. The first-order valence-corrected chi connectivity index (χ1v) is 2.69. The van der Waals surface area contributed by atoms with E-state index in [1.807, 2.05) is 0 Å². The molecule has 1 aromatic rings. The molecule has 1 radical (unpaired) electrons. The van der Waals surface area contributed by atoms with Gasteiger partial charge in [0.25, 0.3) is 0 Å². The zero-order chi connectivity index (χ0) is 6.69. The highest BCUT2D eigenvalue weighted by molar-refractivity contribution is 5.75. The maximum absolute atomic E-state index is 12.5. The molecule has 0 saturated carbocycles. The molecule has 2 N–H and O–H groups in total. The maximum atomic E-state index is 12.5. The van der Waals surface area contributed by atoms with E-state index in [-0.39, 0.29) is 35.4 Å². The van der Waals surface area contributed by atoms with Gasteiger partial charge in [0.15, 0.2) is 0 Å². The van der Waals surface area contributed by atoms with E-state index >= 15 is 0 Å². The zero-order valence-electron chi connectivity index (χ0n) is 4.89. The predicted octanol–water partition coefficient (Wildman–Crippen LogP) is 0.168. The standard InChI is InChI=1S/C7H7FN.Mg.2H/c8-7-4-2-1-3-6(7)5-9;;;/h1,3-4H,5,9H2;;;. The number of halogens is 1. The van der Waals surface area contributed by atoms with Crippen molar-refractivity contribution in [3.05, 3.63) is 35.6 Å². The molecule has 0 aromatic heterocycles. The van der Waals surface area contributed by atoms with Crippen LogP contribution in [0.1, 0.15) is 5.56 Å². The summed E-state index contributed by atoms with van der Waals surface area (Å²) >= 11 is 0. The fourth-order valence-electron chi connectivity index (χ4n) is 0.608. The summed E-state index contributed by atoms with van der Waals surface area (Å²) in [5.74, 6) is -0.278. The van der Waals surface area contributed by atoms with Gasteiger partial charge in [0.2, 0.25) is 0 Å². The fraction of sp³-hybridized carbons (Fsp3) is 0.143. The Bertz CT molecular complexity index is 203. The van der Waals surface area contributed by atoms with E-state index in [0.717, 1.165) is 0 Å². The van der Waals surface area contributed by atoms with Crippen LogP contribution in [-0.4, -0.2) is 23.1 Å². The molecule has 0 spiro atoms. The molecule has 0 amide bonds. The highest BCUT2D eigenvalue weighted by atomic mass is 24.3. The van der Waals surface area contributed by atoms with Gasteiger partial charge in [0.05, 0.1) is 0 Å². The summed E-state index contributed by atoms with van der Waals surface area (Å²) in [6.07, 6.45) is 0. The van der Waals surface area contributed by atoms with Crippen molar-refractivity contribution in [1.82, 2.24) is 0 Å². The van der Waals surface area contributed by atoms with E-state index in [1.165, 1.54) is 6.07 Å². The van der Waals surface area contributed by atoms with Gasteiger partial charge in [-0.25, -0.2) is 4.39 Å². The zero-order valence-corrected chi connectivity index (χ0v) is 4.89. The number of rotatable bonds is 1. The highest BCUT2D eigenvalue weighted by Gasteiger charge is 1.94. The largest absolute Gasteiger partial charge is 0.326 e. The lowest BCUT2D eigenvalue weighted by atomic mass is 10.2. The number of nitrogens with two attached hydrogens (primary N) is 1. The monoisotopic (exact) mass is 150 g/mol. The minimum absolute atomic E-state index is 0. The van der Waals surface area contributed by atoms with Crippen molar-refractivity contribution in [2.45, 2.75) is 6.54 Å². The Balaban J connectivity index is 0.000000810. The molecule has 10 heavy (non-hydrogen) atoms. The molecular weight excluding hydrogens is 141 g/mol. The molecule has 0 bridgehead atoms. The Morgan fingerprint density at radius 3 is 2.70 bits per heavy atom. The Labute approximate surface area is 75.6 Å². The van der Waals surface area contributed by atoms with E-state index in [0.29, 0.717) is 5.56 Å². The topological polar surface area (TPSA) is 26.0 Å². The Morgan fingerprint density at radius 1 is 1.60 bits per heavy atom. The third kappa shape index (κ3) is 2.25. The quantitative estimate of drug-likeness (QED) is 0.568. The first-order chi connectivity index (χ1) is 4.34. The average Bonchev–Trinajstić information content (AvgIpc) is 1.89. The summed E-state index contributed by atoms with van der Waals surface area (Å²) in [5.41, 5.74) is 5.73. The number of hydrogen-bond donors (Lipinski definition) is 1. The van der Waals surface area contributed by atoms with Crippen LogP contribution in [-0.2, 0) is 6.54 Å². The molecule has 1 aromatic carbocycles. The van der Waals surface area contributed by atoms with E-state index < -0.39 is 0 Å². The van der Waals surface area contributed by atoms with Gasteiger partial charge in [-0.3, -0.25) is 0 Å². The van der Waals surface area contributed by atoms with Crippen molar-refractivity contribution >= 4 is 23.1 Å². The molecule has 0 heterocycles. The molecule has 0 aliphatic rings. The van der Waals surface area contributed by atoms with Gasteiger partial charge in [-0.1, -0.05) is 12.1 Å². The third-order valence-corrected chi connectivity index (χ3v) is 1.12. The molecule has 0 aliphatic heterocycles. The third-order valence-electron chi connectivity index (χ3n) is 1.12. The lowest BCUT2D eigenvalue weighted by molar-refractivity contribution is 0.610. The fourth-order valence-corrected chi connectivity index (χ4v) is 0.608. The van der Waals surface area contributed by atoms with Crippen LogP contribution < -0.4 is 5.73 Å². The van der Waals surface area contributed by atoms with Crippen molar-refractivity contribution in [2.75, 3.05) is 0 Å². The second-order valence-corrected chi connectivity index (χ2v) is 1.72. The maximum Gasteiger partial charge on any atom is 0.316 e. The molecular formula is C7H9FMgN. The molecule has 0 aliphatic carbocycles. The van der Waals surface area contributed by atoms with Crippen LogP contribution in [0.3, 0.4) is 0 Å². The normalized spacial score (nSPS) is 8.60. The van der Waals surface area contributed by atoms with E-state index in [9.17, 15) is 4.39 Å². The summed E-state index contributed by atoms with van der Waals surface area (Å²) in [6.45, 7) is 0.251. The summed E-state index contributed by atoms with van der Waals surface area (Å²) in [7, 11) is 0. The van der Waals surface area contributed by atoms with Gasteiger partial charge in [-0.15, -0.1) is 0 Å². The molecule has 1 rings (SSSR count). The van der Waals surface area contributed by atoms with Crippen molar-refractivity contribution in [3.8, 4) is 0 Å². The van der Waals surface area contributed by atoms with Gasteiger partial charge in [-0.05, 0) is 12.1 Å². The Morgan fingerprint density at radius 2 is 2.30 bits per heavy atom. The summed E-state index contributed by atoms with van der Waals surface area (Å²) < 4.78 is 12.5. The van der Waals surface area contributed by atoms with E-state index in [2.05, 4.69) is 6.07 Å². The molecule has 0 fully saturated rings. The lowest BCUT2D eigenvalue weighted by Crippen LogP contribution is -1.98. The molecule has 0 saturated heterocycles. The highest BCUT2D eigenvalue weighted by Crippen LogP contribution is 2.02. The Kier molecular flexibility index (Phi) is 4.60. The Hall–Kier alpha value is -0.124. The molecule has 51 valence electrons. The summed E-state index contributed by atoms with van der Waals surface area (Å²) in [6, 6.07) is 7.15. The van der Waals surface area contributed by atoms with Crippen molar-refractivity contribution in [3.63, 3.8) is 0 Å². The van der Waals surface area contributed by atoms with Crippen LogP contribution in [0.4, 0.5) is 4.39 Å². The van der Waals surface area contributed by atoms with E-state index in [1.54, 1.807) is 12.1 Å². The summed E-state index contributed by atoms with van der Waals surface area (Å²) in [4.78, 5) is 0. The predicted molar refractivity (Wildman–Crippen MR) is 41.7 cm³/mol. The summed E-state index contributed by atoms with van der Waals surface area (Å²) in [5, 5.41) is 0. The smallest absolute Gasteiger partial charge is 0.316 e. The van der Waals surface area contributed by atoms with Gasteiger partial charge >= 0.3 is 23.1 Å². The van der Waals surface area contributed by atoms with Crippen LogP contribution in [0.25, 0.3) is 0 Å². The minimum Gasteiger partial charge on any atom is -0.326 e. The molecule has 1 nitrogen and oxygen atoms in total.